The molecule has 3 rings (SSSR count). The molecule has 0 atom stereocenters. The average molecular weight is 323 g/mol. The van der Waals surface area contributed by atoms with Gasteiger partial charge in [-0.1, -0.05) is 0 Å². The lowest BCUT2D eigenvalue weighted by molar-refractivity contribution is 0.116. The zero-order valence-corrected chi connectivity index (χ0v) is 14.6. The molecule has 1 spiro atoms. The summed E-state index contributed by atoms with van der Waals surface area (Å²) in [6.45, 7) is 5.70. The molecule has 1 aromatic heterocycles. The zero-order valence-electron chi connectivity index (χ0n) is 13.8. The number of nitrogens with one attached hydrogen (secondary N) is 3. The molecule has 1 saturated heterocycles. The minimum absolute atomic E-state index is 0.690. The van der Waals surface area contributed by atoms with E-state index in [4.69, 9.17) is 0 Å². The van der Waals surface area contributed by atoms with Gasteiger partial charge in [-0.05, 0) is 64.0 Å². The van der Waals surface area contributed by atoms with E-state index in [9.17, 15) is 0 Å². The molecule has 0 amide bonds. The summed E-state index contributed by atoms with van der Waals surface area (Å²) >= 11 is 1.98. The Bertz CT molecular complexity index is 443. The zero-order chi connectivity index (χ0) is 15.3. The van der Waals surface area contributed by atoms with Gasteiger partial charge in [0.25, 0.3) is 0 Å². The maximum Gasteiger partial charge on any atom is 0.0925 e. The van der Waals surface area contributed by atoms with Gasteiger partial charge in [-0.3, -0.25) is 0 Å². The molecular weight excluding hydrogens is 292 g/mol. The molecule has 2 fully saturated rings. The molecule has 1 aliphatic heterocycles. The number of H-pyrrole nitrogens is 1. The molecule has 0 radical (unpaired) electrons. The highest BCUT2D eigenvalue weighted by Gasteiger charge is 2.35. The van der Waals surface area contributed by atoms with Crippen molar-refractivity contribution in [1.82, 2.24) is 20.6 Å². The Morgan fingerprint density at radius 2 is 2.05 bits per heavy atom. The van der Waals surface area contributed by atoms with Crippen molar-refractivity contribution in [2.24, 2.45) is 5.41 Å². The fraction of sp³-hybridized carbons (Fsp3) is 0.824. The molecule has 0 unspecified atom stereocenters. The van der Waals surface area contributed by atoms with Crippen LogP contribution in [0, 0.1) is 12.3 Å². The molecule has 2 heterocycles. The van der Waals surface area contributed by atoms with Crippen LogP contribution in [0.4, 0.5) is 0 Å². The third-order valence-electron chi connectivity index (χ3n) is 5.56. The fourth-order valence-electron chi connectivity index (χ4n) is 3.93. The van der Waals surface area contributed by atoms with Gasteiger partial charge in [0.1, 0.15) is 0 Å². The first kappa shape index (κ1) is 16.3. The minimum Gasteiger partial charge on any atom is -0.348 e. The standard InChI is InChI=1S/C17H30N4S/c1-14-16(21-13-20-14)12-22-11-10-19-15-2-4-17(5-3-15)6-8-18-9-7-17/h13,15,18-19H,2-12H2,1H3,(H,20,21). The molecule has 1 saturated carbocycles. The van der Waals surface area contributed by atoms with E-state index in [1.54, 1.807) is 6.33 Å². The van der Waals surface area contributed by atoms with E-state index in [1.165, 1.54) is 68.8 Å². The SMILES string of the molecule is Cc1[nH]cnc1CSCCNC1CCC2(CCNCC2)CC1. The highest BCUT2D eigenvalue weighted by Crippen LogP contribution is 2.43. The third kappa shape index (κ3) is 4.27. The number of piperidine rings is 1. The largest absolute Gasteiger partial charge is 0.348 e. The normalized spacial score (nSPS) is 22.2. The number of nitrogens with zero attached hydrogens (tertiary/aromatic N) is 1. The second kappa shape index (κ2) is 7.84. The molecule has 2 aliphatic rings. The van der Waals surface area contributed by atoms with Crippen LogP contribution in [-0.2, 0) is 5.75 Å². The van der Waals surface area contributed by atoms with E-state index in [0.717, 1.165) is 18.3 Å². The summed E-state index contributed by atoms with van der Waals surface area (Å²) < 4.78 is 0. The van der Waals surface area contributed by atoms with Crippen molar-refractivity contribution in [3.8, 4) is 0 Å². The molecule has 3 N–H and O–H groups in total. The molecule has 0 bridgehead atoms. The van der Waals surface area contributed by atoms with Gasteiger partial charge in [-0.15, -0.1) is 0 Å². The van der Waals surface area contributed by atoms with Crippen LogP contribution in [0.5, 0.6) is 0 Å². The molecule has 1 aliphatic carbocycles. The van der Waals surface area contributed by atoms with Gasteiger partial charge in [-0.25, -0.2) is 4.98 Å². The molecule has 4 nitrogen and oxygen atoms in total. The number of rotatable bonds is 6. The Labute approximate surface area is 138 Å². The lowest BCUT2D eigenvalue weighted by atomic mass is 9.67. The van der Waals surface area contributed by atoms with Crippen molar-refractivity contribution in [3.63, 3.8) is 0 Å². The Morgan fingerprint density at radius 1 is 1.27 bits per heavy atom. The third-order valence-corrected chi connectivity index (χ3v) is 6.53. The van der Waals surface area contributed by atoms with Crippen LogP contribution >= 0.6 is 11.8 Å². The lowest BCUT2D eigenvalue weighted by Crippen LogP contribution is -2.43. The number of aromatic amines is 1. The summed E-state index contributed by atoms with van der Waals surface area (Å²) in [5, 5.41) is 7.28. The Morgan fingerprint density at radius 3 is 2.73 bits per heavy atom. The van der Waals surface area contributed by atoms with E-state index in [-0.39, 0.29) is 0 Å². The first-order valence-corrected chi connectivity index (χ1v) is 9.94. The van der Waals surface area contributed by atoms with Gasteiger partial charge in [-0.2, -0.15) is 11.8 Å². The van der Waals surface area contributed by atoms with Crippen LogP contribution in [-0.4, -0.2) is 41.4 Å². The second-order valence-electron chi connectivity index (χ2n) is 7.01. The minimum atomic E-state index is 0.690. The Kier molecular flexibility index (Phi) is 5.83. The first-order valence-electron chi connectivity index (χ1n) is 8.78. The lowest BCUT2D eigenvalue weighted by Gasteiger charge is -2.43. The number of hydrogen-bond donors (Lipinski definition) is 3. The van der Waals surface area contributed by atoms with Gasteiger partial charge in [0, 0.05) is 29.8 Å². The van der Waals surface area contributed by atoms with Crippen molar-refractivity contribution < 1.29 is 0 Å². The molecule has 1 aromatic rings. The van der Waals surface area contributed by atoms with Crippen LogP contribution in [0.15, 0.2) is 6.33 Å². The van der Waals surface area contributed by atoms with Gasteiger partial charge in [0.2, 0.25) is 0 Å². The van der Waals surface area contributed by atoms with E-state index in [0.29, 0.717) is 5.41 Å². The van der Waals surface area contributed by atoms with Crippen molar-refractivity contribution in [1.29, 1.82) is 0 Å². The smallest absolute Gasteiger partial charge is 0.0925 e. The van der Waals surface area contributed by atoms with Crippen LogP contribution in [0.2, 0.25) is 0 Å². The fourth-order valence-corrected chi connectivity index (χ4v) is 4.82. The maximum absolute atomic E-state index is 4.35. The number of aryl methyl sites for hydroxylation is 1. The number of thioether (sulfide) groups is 1. The van der Waals surface area contributed by atoms with Gasteiger partial charge in [0.15, 0.2) is 0 Å². The van der Waals surface area contributed by atoms with Crippen molar-refractivity contribution in [2.75, 3.05) is 25.4 Å². The molecule has 5 heteroatoms. The van der Waals surface area contributed by atoms with Gasteiger partial charge < -0.3 is 15.6 Å². The summed E-state index contributed by atoms with van der Waals surface area (Å²) in [5.41, 5.74) is 3.10. The van der Waals surface area contributed by atoms with Gasteiger partial charge >= 0.3 is 0 Å². The molecule has 22 heavy (non-hydrogen) atoms. The highest BCUT2D eigenvalue weighted by atomic mass is 32.2. The second-order valence-corrected chi connectivity index (χ2v) is 8.11. The van der Waals surface area contributed by atoms with Gasteiger partial charge in [0.05, 0.1) is 12.0 Å². The van der Waals surface area contributed by atoms with Crippen LogP contribution in [0.3, 0.4) is 0 Å². The van der Waals surface area contributed by atoms with Crippen molar-refractivity contribution >= 4 is 11.8 Å². The predicted octanol–water partition coefficient (Wildman–Crippen LogP) is 2.85. The Balaban J connectivity index is 1.28. The molecule has 124 valence electrons. The average Bonchev–Trinajstić information content (AvgIpc) is 2.95. The summed E-state index contributed by atoms with van der Waals surface area (Å²) in [5.74, 6) is 2.20. The topological polar surface area (TPSA) is 52.7 Å². The Hall–Kier alpha value is -0.520. The molecular formula is C17H30N4S. The molecule has 0 aromatic carbocycles. The quantitative estimate of drug-likeness (QED) is 0.705. The number of hydrogen-bond acceptors (Lipinski definition) is 4. The van der Waals surface area contributed by atoms with E-state index >= 15 is 0 Å². The van der Waals surface area contributed by atoms with Crippen molar-refractivity contribution in [2.45, 2.75) is 57.2 Å². The van der Waals surface area contributed by atoms with Crippen LogP contribution in [0.1, 0.15) is 49.9 Å². The number of aromatic nitrogens is 2. The summed E-state index contributed by atoms with van der Waals surface area (Å²) in [4.78, 5) is 7.49. The summed E-state index contributed by atoms with van der Waals surface area (Å²) in [7, 11) is 0. The maximum atomic E-state index is 4.35. The van der Waals surface area contributed by atoms with E-state index in [2.05, 4.69) is 27.5 Å². The van der Waals surface area contributed by atoms with Crippen LogP contribution in [0.25, 0.3) is 0 Å². The van der Waals surface area contributed by atoms with E-state index < -0.39 is 0 Å². The highest BCUT2D eigenvalue weighted by molar-refractivity contribution is 7.98. The van der Waals surface area contributed by atoms with E-state index in [1.807, 2.05) is 11.8 Å². The van der Waals surface area contributed by atoms with Crippen molar-refractivity contribution in [3.05, 3.63) is 17.7 Å². The van der Waals surface area contributed by atoms with Crippen LogP contribution < -0.4 is 10.6 Å². The number of imidazole rings is 1. The first-order chi connectivity index (χ1) is 10.8. The summed E-state index contributed by atoms with van der Waals surface area (Å²) in [6, 6.07) is 0.758. The predicted molar refractivity (Wildman–Crippen MR) is 94.3 cm³/mol. The summed E-state index contributed by atoms with van der Waals surface area (Å²) in [6.07, 6.45) is 10.2. The monoisotopic (exact) mass is 322 g/mol.